The van der Waals surface area contributed by atoms with Crippen LogP contribution in [0, 0.1) is 6.92 Å². The minimum absolute atomic E-state index is 0.924. The van der Waals surface area contributed by atoms with Crippen molar-refractivity contribution in [3.8, 4) is 0 Å². The van der Waals surface area contributed by atoms with Crippen LogP contribution in [-0.4, -0.2) is 28.8 Å². The maximum absolute atomic E-state index is 4.44. The molecule has 0 saturated carbocycles. The van der Waals surface area contributed by atoms with Crippen molar-refractivity contribution in [2.45, 2.75) is 13.5 Å². The zero-order valence-electron chi connectivity index (χ0n) is 8.13. The quantitative estimate of drug-likeness (QED) is 0.754. The third-order valence-corrected chi connectivity index (χ3v) is 2.20. The molecule has 0 bridgehead atoms. The average Bonchev–Trinajstić information content (AvgIpc) is 2.04. The van der Waals surface area contributed by atoms with Crippen LogP contribution in [0.3, 0.4) is 0 Å². The Morgan fingerprint density at radius 3 is 2.85 bits per heavy atom. The molecule has 3 heteroatoms. The Bertz CT molecular complexity index is 263. The number of rotatable bonds is 4. The molecule has 0 aliphatic carbocycles. The van der Waals surface area contributed by atoms with Gasteiger partial charge in [0.15, 0.2) is 0 Å². The molecule has 0 radical (unpaired) electrons. The number of alkyl halides is 1. The summed E-state index contributed by atoms with van der Waals surface area (Å²) in [7, 11) is 2.10. The van der Waals surface area contributed by atoms with Gasteiger partial charge in [0.2, 0.25) is 0 Å². The van der Waals surface area contributed by atoms with E-state index in [1.165, 1.54) is 0 Å². The maximum atomic E-state index is 4.44. The van der Waals surface area contributed by atoms with Crippen molar-refractivity contribution in [2.75, 3.05) is 18.9 Å². The van der Waals surface area contributed by atoms with Crippen molar-refractivity contribution < 1.29 is 0 Å². The normalized spacial score (nSPS) is 10.8. The highest BCUT2D eigenvalue weighted by molar-refractivity contribution is 9.09. The molecule has 0 unspecified atom stereocenters. The van der Waals surface area contributed by atoms with Gasteiger partial charge < -0.3 is 0 Å². The first-order valence-corrected chi connectivity index (χ1v) is 5.51. The van der Waals surface area contributed by atoms with Crippen LogP contribution in [0.5, 0.6) is 0 Å². The van der Waals surface area contributed by atoms with Crippen LogP contribution in [-0.2, 0) is 6.54 Å². The van der Waals surface area contributed by atoms with E-state index in [4.69, 9.17) is 0 Å². The van der Waals surface area contributed by atoms with Crippen molar-refractivity contribution in [2.24, 2.45) is 0 Å². The molecule has 13 heavy (non-hydrogen) atoms. The summed E-state index contributed by atoms with van der Waals surface area (Å²) in [4.78, 5) is 6.68. The fraction of sp³-hybridized carbons (Fsp3) is 0.500. The molecule has 2 nitrogen and oxygen atoms in total. The Morgan fingerprint density at radius 1 is 1.46 bits per heavy atom. The van der Waals surface area contributed by atoms with E-state index in [1.807, 2.05) is 13.0 Å². The van der Waals surface area contributed by atoms with Gasteiger partial charge in [0.1, 0.15) is 0 Å². The maximum Gasteiger partial charge on any atom is 0.0547 e. The number of pyridine rings is 1. The minimum Gasteiger partial charge on any atom is -0.300 e. The molecule has 72 valence electrons. The zero-order chi connectivity index (χ0) is 9.68. The molecular weight excluding hydrogens is 228 g/mol. The molecule has 0 aliphatic rings. The molecule has 0 aromatic carbocycles. The monoisotopic (exact) mass is 242 g/mol. The van der Waals surface area contributed by atoms with E-state index in [-0.39, 0.29) is 0 Å². The number of aromatic nitrogens is 1. The van der Waals surface area contributed by atoms with Crippen LogP contribution in [0.25, 0.3) is 0 Å². The third kappa shape index (κ3) is 3.87. The molecule has 0 saturated heterocycles. The van der Waals surface area contributed by atoms with Gasteiger partial charge in [-0.1, -0.05) is 22.0 Å². The lowest BCUT2D eigenvalue weighted by Crippen LogP contribution is -2.20. The SMILES string of the molecule is Cc1cccc(CN(C)CCBr)n1. The first kappa shape index (κ1) is 10.7. The van der Waals surface area contributed by atoms with Crippen molar-refractivity contribution in [1.29, 1.82) is 0 Å². The van der Waals surface area contributed by atoms with Gasteiger partial charge in [-0.25, -0.2) is 0 Å². The minimum atomic E-state index is 0.924. The molecule has 1 aromatic heterocycles. The molecule has 0 amide bonds. The second kappa shape index (κ2) is 5.35. The van der Waals surface area contributed by atoms with Gasteiger partial charge in [-0.3, -0.25) is 9.88 Å². The van der Waals surface area contributed by atoms with Crippen LogP contribution in [0.15, 0.2) is 18.2 Å². The van der Waals surface area contributed by atoms with E-state index in [2.05, 4.69) is 45.0 Å². The van der Waals surface area contributed by atoms with Crippen molar-refractivity contribution in [3.05, 3.63) is 29.6 Å². The van der Waals surface area contributed by atoms with Crippen LogP contribution < -0.4 is 0 Å². The fourth-order valence-corrected chi connectivity index (χ4v) is 1.79. The molecule has 0 atom stereocenters. The average molecular weight is 243 g/mol. The highest BCUT2D eigenvalue weighted by atomic mass is 79.9. The third-order valence-electron chi connectivity index (χ3n) is 1.84. The van der Waals surface area contributed by atoms with Crippen LogP contribution >= 0.6 is 15.9 Å². The highest BCUT2D eigenvalue weighted by Crippen LogP contribution is 2.01. The smallest absolute Gasteiger partial charge is 0.0547 e. The number of hydrogen-bond acceptors (Lipinski definition) is 2. The molecule has 0 aliphatic heterocycles. The van der Waals surface area contributed by atoms with Gasteiger partial charge in [0.25, 0.3) is 0 Å². The molecule has 1 aromatic rings. The van der Waals surface area contributed by atoms with E-state index in [0.29, 0.717) is 0 Å². The first-order valence-electron chi connectivity index (χ1n) is 4.39. The molecule has 1 rings (SSSR count). The standard InChI is InChI=1S/C10H15BrN2/c1-9-4-3-5-10(12-9)8-13(2)7-6-11/h3-5H,6-8H2,1-2H3. The second-order valence-electron chi connectivity index (χ2n) is 3.20. The highest BCUT2D eigenvalue weighted by Gasteiger charge is 1.99. The van der Waals surface area contributed by atoms with Crippen LogP contribution in [0.1, 0.15) is 11.4 Å². The number of halogens is 1. The lowest BCUT2D eigenvalue weighted by Gasteiger charge is -2.14. The Balaban J connectivity index is 2.53. The van der Waals surface area contributed by atoms with Gasteiger partial charge >= 0.3 is 0 Å². The summed E-state index contributed by atoms with van der Waals surface area (Å²) in [5, 5.41) is 1.01. The van der Waals surface area contributed by atoms with Gasteiger partial charge in [0.05, 0.1) is 5.69 Å². The molecule has 0 spiro atoms. The van der Waals surface area contributed by atoms with Crippen molar-refractivity contribution in [3.63, 3.8) is 0 Å². The molecular formula is C10H15BrN2. The summed E-state index contributed by atoms with van der Waals surface area (Å²) in [6, 6.07) is 6.14. The van der Waals surface area contributed by atoms with Crippen LogP contribution in [0.4, 0.5) is 0 Å². The fourth-order valence-electron chi connectivity index (χ4n) is 1.19. The van der Waals surface area contributed by atoms with Gasteiger partial charge in [-0.2, -0.15) is 0 Å². The molecule has 0 fully saturated rings. The second-order valence-corrected chi connectivity index (χ2v) is 3.99. The summed E-state index contributed by atoms with van der Waals surface area (Å²) in [5.74, 6) is 0. The Hall–Kier alpha value is -0.410. The number of aryl methyl sites for hydroxylation is 1. The number of hydrogen-bond donors (Lipinski definition) is 0. The summed E-state index contributed by atoms with van der Waals surface area (Å²) in [6.45, 7) is 4.00. The van der Waals surface area contributed by atoms with Crippen molar-refractivity contribution in [1.82, 2.24) is 9.88 Å². The Labute approximate surface area is 88.1 Å². The summed E-state index contributed by atoms with van der Waals surface area (Å²) >= 11 is 3.42. The molecule has 0 N–H and O–H groups in total. The van der Waals surface area contributed by atoms with Crippen LogP contribution in [0.2, 0.25) is 0 Å². The predicted octanol–water partition coefficient (Wildman–Crippen LogP) is 2.22. The van der Waals surface area contributed by atoms with Crippen molar-refractivity contribution >= 4 is 15.9 Å². The summed E-state index contributed by atoms with van der Waals surface area (Å²) in [5.41, 5.74) is 2.23. The first-order chi connectivity index (χ1) is 6.22. The lowest BCUT2D eigenvalue weighted by molar-refractivity contribution is 0.345. The Kier molecular flexibility index (Phi) is 4.39. The Morgan fingerprint density at radius 2 is 2.23 bits per heavy atom. The van der Waals surface area contributed by atoms with E-state index in [1.54, 1.807) is 0 Å². The summed E-state index contributed by atoms with van der Waals surface area (Å²) in [6.07, 6.45) is 0. The zero-order valence-corrected chi connectivity index (χ0v) is 9.71. The topological polar surface area (TPSA) is 16.1 Å². The summed E-state index contributed by atoms with van der Waals surface area (Å²) < 4.78 is 0. The predicted molar refractivity (Wildman–Crippen MR) is 59.1 cm³/mol. The van der Waals surface area contributed by atoms with E-state index in [9.17, 15) is 0 Å². The van der Waals surface area contributed by atoms with Gasteiger partial charge in [-0.15, -0.1) is 0 Å². The van der Waals surface area contributed by atoms with Gasteiger partial charge in [0, 0.05) is 24.1 Å². The molecule has 1 heterocycles. The van der Waals surface area contributed by atoms with E-state index >= 15 is 0 Å². The lowest BCUT2D eigenvalue weighted by atomic mass is 10.3. The number of nitrogens with zero attached hydrogens (tertiary/aromatic N) is 2. The van der Waals surface area contributed by atoms with E-state index in [0.717, 1.165) is 29.8 Å². The van der Waals surface area contributed by atoms with E-state index < -0.39 is 0 Å². The largest absolute Gasteiger partial charge is 0.300 e. The van der Waals surface area contributed by atoms with Gasteiger partial charge in [-0.05, 0) is 26.1 Å².